The van der Waals surface area contributed by atoms with Crippen LogP contribution >= 0.6 is 0 Å². The van der Waals surface area contributed by atoms with E-state index < -0.39 is 0 Å². The molecular weight excluding hydrogens is 404 g/mol. The van der Waals surface area contributed by atoms with E-state index in [0.717, 1.165) is 17.1 Å². The Morgan fingerprint density at radius 2 is 1.72 bits per heavy atom. The number of piperazine rings is 1. The van der Waals surface area contributed by atoms with Gasteiger partial charge in [0.25, 0.3) is 0 Å². The highest BCUT2D eigenvalue weighted by Crippen LogP contribution is 2.20. The summed E-state index contributed by atoms with van der Waals surface area (Å²) in [7, 11) is 0. The number of carbonyl (C=O) groups is 2. The topological polar surface area (TPSA) is 81.7 Å². The van der Waals surface area contributed by atoms with E-state index in [-0.39, 0.29) is 18.5 Å². The van der Waals surface area contributed by atoms with Crippen LogP contribution in [0.3, 0.4) is 0 Å². The zero-order valence-electron chi connectivity index (χ0n) is 19.5. The smallest absolute Gasteiger partial charge is 0.317 e. The van der Waals surface area contributed by atoms with Gasteiger partial charge >= 0.3 is 6.03 Å². The first kappa shape index (κ1) is 23.5. The summed E-state index contributed by atoms with van der Waals surface area (Å²) in [6.45, 7) is 11.8. The maximum absolute atomic E-state index is 12.8. The molecule has 172 valence electrons. The van der Waals surface area contributed by atoms with E-state index in [1.807, 2.05) is 49.9 Å². The monoisotopic (exact) mass is 438 g/mol. The van der Waals surface area contributed by atoms with Crippen molar-refractivity contribution in [1.29, 1.82) is 0 Å². The van der Waals surface area contributed by atoms with Crippen molar-refractivity contribution in [1.82, 2.24) is 25.3 Å². The van der Waals surface area contributed by atoms with Gasteiger partial charge in [0.1, 0.15) is 6.54 Å². The summed E-state index contributed by atoms with van der Waals surface area (Å²) in [6.07, 6.45) is 0. The van der Waals surface area contributed by atoms with Gasteiger partial charge in [-0.3, -0.25) is 4.79 Å². The van der Waals surface area contributed by atoms with Gasteiger partial charge in [0.05, 0.1) is 5.69 Å². The quantitative estimate of drug-likeness (QED) is 0.719. The lowest BCUT2D eigenvalue weighted by Crippen LogP contribution is -2.53. The van der Waals surface area contributed by atoms with Gasteiger partial charge in [-0.05, 0) is 31.9 Å². The molecule has 3 rings (SSSR count). The molecule has 1 aromatic heterocycles. The van der Waals surface area contributed by atoms with Crippen LogP contribution in [0, 0.1) is 12.8 Å². The van der Waals surface area contributed by atoms with Gasteiger partial charge < -0.3 is 20.0 Å². The lowest BCUT2D eigenvalue weighted by Gasteiger charge is -2.36. The largest absolute Gasteiger partial charge is 0.352 e. The lowest BCUT2D eigenvalue weighted by atomic mass is 10.1. The summed E-state index contributed by atoms with van der Waals surface area (Å²) < 4.78 is 0. The molecule has 0 aliphatic carbocycles. The van der Waals surface area contributed by atoms with Gasteiger partial charge in [-0.1, -0.05) is 43.7 Å². The SMILES string of the molecule is CCNC(=O)N(CC(=O)N1CCN(c2ccc(-c3ccc(C)cc3)nn2)CC1)CC(C)C. The van der Waals surface area contributed by atoms with Gasteiger partial charge in [-0.15, -0.1) is 10.2 Å². The first-order chi connectivity index (χ1) is 15.4. The predicted molar refractivity (Wildman–Crippen MR) is 126 cm³/mol. The average Bonchev–Trinajstić information content (AvgIpc) is 2.79. The number of anilines is 1. The Morgan fingerprint density at radius 1 is 1.03 bits per heavy atom. The second-order valence-electron chi connectivity index (χ2n) is 8.62. The fraction of sp³-hybridized carbons (Fsp3) is 0.500. The maximum atomic E-state index is 12.8. The predicted octanol–water partition coefficient (Wildman–Crippen LogP) is 2.79. The number of benzene rings is 1. The third-order valence-corrected chi connectivity index (χ3v) is 5.48. The Hall–Kier alpha value is -3.16. The fourth-order valence-electron chi connectivity index (χ4n) is 3.74. The summed E-state index contributed by atoms with van der Waals surface area (Å²) >= 11 is 0. The number of amides is 3. The highest BCUT2D eigenvalue weighted by Gasteiger charge is 2.25. The van der Waals surface area contributed by atoms with Crippen molar-refractivity contribution < 1.29 is 9.59 Å². The number of nitrogens with one attached hydrogen (secondary N) is 1. The molecule has 0 spiro atoms. The molecule has 1 aliphatic rings. The Balaban J connectivity index is 1.55. The van der Waals surface area contributed by atoms with Crippen LogP contribution in [0.1, 0.15) is 26.3 Å². The van der Waals surface area contributed by atoms with E-state index >= 15 is 0 Å². The van der Waals surface area contributed by atoms with Crippen LogP contribution in [0.2, 0.25) is 0 Å². The first-order valence-electron chi connectivity index (χ1n) is 11.3. The molecule has 8 heteroatoms. The number of hydrogen-bond donors (Lipinski definition) is 1. The Bertz CT molecular complexity index is 890. The number of carbonyl (C=O) groups excluding carboxylic acids is 2. The van der Waals surface area contributed by atoms with Gasteiger partial charge in [-0.2, -0.15) is 0 Å². The maximum Gasteiger partial charge on any atom is 0.317 e. The van der Waals surface area contributed by atoms with Crippen LogP contribution in [0.5, 0.6) is 0 Å². The molecule has 1 aliphatic heterocycles. The number of urea groups is 1. The Morgan fingerprint density at radius 3 is 2.28 bits per heavy atom. The molecule has 0 saturated carbocycles. The fourth-order valence-corrected chi connectivity index (χ4v) is 3.74. The molecule has 0 bridgehead atoms. The minimum absolute atomic E-state index is 0.0163. The van der Waals surface area contributed by atoms with Crippen molar-refractivity contribution >= 4 is 17.8 Å². The van der Waals surface area contributed by atoms with Crippen molar-refractivity contribution in [2.75, 3.05) is 50.7 Å². The zero-order chi connectivity index (χ0) is 23.1. The van der Waals surface area contributed by atoms with Crippen molar-refractivity contribution in [3.63, 3.8) is 0 Å². The molecule has 0 unspecified atom stereocenters. The number of aryl methyl sites for hydroxylation is 1. The van der Waals surface area contributed by atoms with Crippen molar-refractivity contribution in [3.8, 4) is 11.3 Å². The molecule has 1 saturated heterocycles. The lowest BCUT2D eigenvalue weighted by molar-refractivity contribution is -0.132. The van der Waals surface area contributed by atoms with Crippen molar-refractivity contribution in [2.24, 2.45) is 5.92 Å². The molecular formula is C24H34N6O2. The number of hydrogen-bond acceptors (Lipinski definition) is 5. The minimum atomic E-state index is -0.183. The third kappa shape index (κ3) is 6.18. The summed E-state index contributed by atoms with van der Waals surface area (Å²) in [4.78, 5) is 30.7. The van der Waals surface area contributed by atoms with Crippen LogP contribution in [0.25, 0.3) is 11.3 Å². The summed E-state index contributed by atoms with van der Waals surface area (Å²) in [5, 5.41) is 11.6. The molecule has 32 heavy (non-hydrogen) atoms. The van der Waals surface area contributed by atoms with Crippen LogP contribution < -0.4 is 10.2 Å². The molecule has 0 radical (unpaired) electrons. The molecule has 1 fully saturated rings. The standard InChI is InChI=1S/C24H34N6O2/c1-5-25-24(32)30(16-18(2)3)17-23(31)29-14-12-28(13-15-29)22-11-10-21(26-27-22)20-8-6-19(4)7-9-20/h6-11,18H,5,12-17H2,1-4H3,(H,25,32). The Labute approximate surface area is 190 Å². The molecule has 3 amide bonds. The molecule has 2 aromatic rings. The average molecular weight is 439 g/mol. The summed E-state index contributed by atoms with van der Waals surface area (Å²) in [5.74, 6) is 1.10. The number of nitrogens with zero attached hydrogens (tertiary/aromatic N) is 5. The van der Waals surface area contributed by atoms with Crippen LogP contribution in [0.15, 0.2) is 36.4 Å². The molecule has 0 atom stereocenters. The number of aromatic nitrogens is 2. The van der Waals surface area contributed by atoms with Gasteiger partial charge in [0.15, 0.2) is 5.82 Å². The van der Waals surface area contributed by atoms with E-state index in [4.69, 9.17) is 0 Å². The highest BCUT2D eigenvalue weighted by molar-refractivity contribution is 5.84. The van der Waals surface area contributed by atoms with Gasteiger partial charge in [-0.25, -0.2) is 4.79 Å². The second kappa shape index (κ2) is 10.9. The zero-order valence-corrected chi connectivity index (χ0v) is 19.5. The number of rotatable bonds is 7. The minimum Gasteiger partial charge on any atom is -0.352 e. The summed E-state index contributed by atoms with van der Waals surface area (Å²) in [5.41, 5.74) is 3.10. The first-order valence-corrected chi connectivity index (χ1v) is 11.3. The molecule has 1 N–H and O–H groups in total. The molecule has 8 nitrogen and oxygen atoms in total. The van der Waals surface area contributed by atoms with Gasteiger partial charge in [0.2, 0.25) is 5.91 Å². The van der Waals surface area contributed by atoms with Crippen molar-refractivity contribution in [2.45, 2.75) is 27.7 Å². The van der Waals surface area contributed by atoms with Gasteiger partial charge in [0, 0.05) is 44.8 Å². The highest BCUT2D eigenvalue weighted by atomic mass is 16.2. The van der Waals surface area contributed by atoms with E-state index in [1.54, 1.807) is 4.90 Å². The van der Waals surface area contributed by atoms with E-state index in [9.17, 15) is 9.59 Å². The molecule has 1 aromatic carbocycles. The molecule has 2 heterocycles. The Kier molecular flexibility index (Phi) is 8.03. The normalized spacial score (nSPS) is 13.9. The van der Waals surface area contributed by atoms with Crippen LogP contribution in [-0.2, 0) is 4.79 Å². The van der Waals surface area contributed by atoms with Crippen LogP contribution in [0.4, 0.5) is 10.6 Å². The van der Waals surface area contributed by atoms with Crippen LogP contribution in [-0.4, -0.2) is 77.7 Å². The van der Waals surface area contributed by atoms with E-state index in [2.05, 4.69) is 39.5 Å². The van der Waals surface area contributed by atoms with Crippen molar-refractivity contribution in [3.05, 3.63) is 42.0 Å². The van der Waals surface area contributed by atoms with E-state index in [0.29, 0.717) is 45.2 Å². The third-order valence-electron chi connectivity index (χ3n) is 5.48. The summed E-state index contributed by atoms with van der Waals surface area (Å²) in [6, 6.07) is 12.0. The van der Waals surface area contributed by atoms with E-state index in [1.165, 1.54) is 5.56 Å². The second-order valence-corrected chi connectivity index (χ2v) is 8.62.